The van der Waals surface area contributed by atoms with Gasteiger partial charge < -0.3 is 14.2 Å². The van der Waals surface area contributed by atoms with Gasteiger partial charge in [0.2, 0.25) is 0 Å². The highest BCUT2D eigenvalue weighted by atomic mass is 16.6. The van der Waals surface area contributed by atoms with Gasteiger partial charge in [-0.2, -0.15) is 0 Å². The van der Waals surface area contributed by atoms with E-state index in [0.29, 0.717) is 19.3 Å². The second kappa shape index (κ2) is 60.4. The topological polar surface area (TPSA) is 78.9 Å². The van der Waals surface area contributed by atoms with E-state index in [-0.39, 0.29) is 31.1 Å². The van der Waals surface area contributed by atoms with Crippen molar-refractivity contribution in [1.82, 2.24) is 0 Å². The average molecular weight is 1010 g/mol. The highest BCUT2D eigenvalue weighted by Gasteiger charge is 2.19. The lowest BCUT2D eigenvalue weighted by molar-refractivity contribution is -0.167. The number of carbonyl (C=O) groups excluding carboxylic acids is 3. The van der Waals surface area contributed by atoms with Crippen LogP contribution < -0.4 is 0 Å². The van der Waals surface area contributed by atoms with Gasteiger partial charge in [0.05, 0.1) is 0 Å². The molecule has 0 saturated carbocycles. The van der Waals surface area contributed by atoms with Gasteiger partial charge in [-0.15, -0.1) is 0 Å². The van der Waals surface area contributed by atoms with E-state index in [0.717, 1.165) is 103 Å². The molecule has 0 aromatic heterocycles. The number of allylic oxidation sites excluding steroid dienone is 12. The van der Waals surface area contributed by atoms with Crippen LogP contribution in [0.3, 0.4) is 0 Å². The van der Waals surface area contributed by atoms with Gasteiger partial charge in [-0.3, -0.25) is 14.4 Å². The Morgan fingerprint density at radius 3 is 0.861 bits per heavy atom. The molecule has 0 saturated heterocycles. The van der Waals surface area contributed by atoms with Crippen molar-refractivity contribution in [3.8, 4) is 0 Å². The molecule has 0 aromatic carbocycles. The lowest BCUT2D eigenvalue weighted by Crippen LogP contribution is -2.30. The molecule has 0 N–H and O–H groups in total. The van der Waals surface area contributed by atoms with Crippen molar-refractivity contribution in [1.29, 1.82) is 0 Å². The lowest BCUT2D eigenvalue weighted by atomic mass is 10.0. The van der Waals surface area contributed by atoms with Gasteiger partial charge in [-0.1, -0.05) is 273 Å². The molecule has 0 spiro atoms. The van der Waals surface area contributed by atoms with Crippen LogP contribution in [0.2, 0.25) is 0 Å². The van der Waals surface area contributed by atoms with E-state index in [1.807, 2.05) is 0 Å². The van der Waals surface area contributed by atoms with E-state index in [2.05, 4.69) is 93.7 Å². The average Bonchev–Trinajstić information content (AvgIpc) is 3.38. The molecule has 0 fully saturated rings. The summed E-state index contributed by atoms with van der Waals surface area (Å²) < 4.78 is 16.9. The summed E-state index contributed by atoms with van der Waals surface area (Å²) in [5.74, 6) is -0.888. The molecule has 0 heterocycles. The SMILES string of the molecule is CC/C=C\C/C=C\C/C=C\C/C=C\CCCCCCCCC(=O)OCC(COC(=O)CCCCCCCCCCCCCCCCCCC)OC(=O)CCCCCCCCC/C=C\C/C=C\CCCCCC. The lowest BCUT2D eigenvalue weighted by Gasteiger charge is -2.18. The van der Waals surface area contributed by atoms with Gasteiger partial charge in [-0.05, 0) is 89.9 Å². The van der Waals surface area contributed by atoms with Gasteiger partial charge in [0.1, 0.15) is 13.2 Å². The Labute approximate surface area is 446 Å². The van der Waals surface area contributed by atoms with Crippen molar-refractivity contribution < 1.29 is 28.6 Å². The Kier molecular flexibility index (Phi) is 57.8. The molecule has 0 aliphatic carbocycles. The standard InChI is InChI=1S/C66H116O6/c1-4-7-10-13-16-19-22-25-28-31-33-36-38-41-44-47-50-53-56-59-65(68)71-62-63(61-70-64(67)58-55-52-49-46-43-40-37-34-30-27-24-21-18-15-12-9-6-3)72-66(69)60-57-54-51-48-45-42-39-35-32-29-26-23-20-17-14-11-8-5-2/h7,10,16,19-20,23,25,28-29,32-33,36,63H,4-6,8-9,11-15,17-18,21-22,24,26-27,30-31,34-35,37-62H2,1-3H3/b10-7-,19-16-,23-20-,28-25-,32-29-,36-33-. The fourth-order valence-corrected chi connectivity index (χ4v) is 8.82. The quantitative estimate of drug-likeness (QED) is 0.0261. The van der Waals surface area contributed by atoms with Crippen LogP contribution in [-0.4, -0.2) is 37.2 Å². The second-order valence-electron chi connectivity index (χ2n) is 20.6. The maximum Gasteiger partial charge on any atom is 0.306 e. The molecule has 0 aliphatic rings. The molecule has 0 aliphatic heterocycles. The minimum absolute atomic E-state index is 0.0806. The van der Waals surface area contributed by atoms with Crippen LogP contribution in [-0.2, 0) is 28.6 Å². The van der Waals surface area contributed by atoms with Crippen LogP contribution in [0.4, 0.5) is 0 Å². The van der Waals surface area contributed by atoms with E-state index in [9.17, 15) is 14.4 Å². The molecular weight excluding hydrogens is 889 g/mol. The number of rotatable bonds is 56. The first-order valence-corrected chi connectivity index (χ1v) is 30.9. The molecule has 0 rings (SSSR count). The number of unbranched alkanes of at least 4 members (excludes halogenated alkanes) is 33. The first kappa shape index (κ1) is 68.8. The predicted octanol–water partition coefficient (Wildman–Crippen LogP) is 20.9. The smallest absolute Gasteiger partial charge is 0.306 e. The van der Waals surface area contributed by atoms with Crippen LogP contribution in [0.5, 0.6) is 0 Å². The normalized spacial score (nSPS) is 12.5. The van der Waals surface area contributed by atoms with Crippen molar-refractivity contribution in [2.75, 3.05) is 13.2 Å². The summed E-state index contributed by atoms with van der Waals surface area (Å²) in [5, 5.41) is 0. The zero-order valence-electron chi connectivity index (χ0n) is 47.7. The van der Waals surface area contributed by atoms with Gasteiger partial charge in [0.25, 0.3) is 0 Å². The van der Waals surface area contributed by atoms with Crippen LogP contribution in [0.25, 0.3) is 0 Å². The molecular formula is C66H116O6. The van der Waals surface area contributed by atoms with Gasteiger partial charge in [0, 0.05) is 19.3 Å². The summed E-state index contributed by atoms with van der Waals surface area (Å²) in [6, 6.07) is 0. The maximum absolute atomic E-state index is 12.9. The van der Waals surface area contributed by atoms with Gasteiger partial charge in [-0.25, -0.2) is 0 Å². The number of carbonyl (C=O) groups is 3. The van der Waals surface area contributed by atoms with E-state index in [4.69, 9.17) is 14.2 Å². The summed E-state index contributed by atoms with van der Waals surface area (Å²) in [7, 11) is 0. The summed E-state index contributed by atoms with van der Waals surface area (Å²) in [5.41, 5.74) is 0. The molecule has 1 unspecified atom stereocenters. The minimum Gasteiger partial charge on any atom is -0.462 e. The first-order valence-electron chi connectivity index (χ1n) is 30.9. The molecule has 6 nitrogen and oxygen atoms in total. The van der Waals surface area contributed by atoms with Crippen molar-refractivity contribution in [2.45, 2.75) is 316 Å². The molecule has 0 amide bonds. The molecule has 416 valence electrons. The van der Waals surface area contributed by atoms with Crippen LogP contribution in [0.15, 0.2) is 72.9 Å². The summed E-state index contributed by atoms with van der Waals surface area (Å²) >= 11 is 0. The van der Waals surface area contributed by atoms with Crippen molar-refractivity contribution in [3.05, 3.63) is 72.9 Å². The number of hydrogen-bond acceptors (Lipinski definition) is 6. The number of esters is 3. The predicted molar refractivity (Wildman–Crippen MR) is 311 cm³/mol. The molecule has 6 heteroatoms. The maximum atomic E-state index is 12.9. The molecule has 0 bridgehead atoms. The van der Waals surface area contributed by atoms with Crippen LogP contribution in [0, 0.1) is 0 Å². The van der Waals surface area contributed by atoms with Crippen molar-refractivity contribution >= 4 is 17.9 Å². The van der Waals surface area contributed by atoms with Crippen molar-refractivity contribution in [2.24, 2.45) is 0 Å². The molecule has 0 radical (unpaired) electrons. The number of hydrogen-bond donors (Lipinski definition) is 0. The molecule has 1 atom stereocenters. The summed E-state index contributed by atoms with van der Waals surface area (Å²) in [6.07, 6.45) is 77.5. The Morgan fingerprint density at radius 1 is 0.292 bits per heavy atom. The molecule has 72 heavy (non-hydrogen) atoms. The Morgan fingerprint density at radius 2 is 0.542 bits per heavy atom. The summed E-state index contributed by atoms with van der Waals surface area (Å²) in [6.45, 7) is 6.53. The van der Waals surface area contributed by atoms with E-state index < -0.39 is 6.10 Å². The third kappa shape index (κ3) is 57.7. The fourth-order valence-electron chi connectivity index (χ4n) is 8.82. The third-order valence-corrected chi connectivity index (χ3v) is 13.4. The highest BCUT2D eigenvalue weighted by Crippen LogP contribution is 2.16. The number of ether oxygens (including phenoxy) is 3. The minimum atomic E-state index is -0.785. The largest absolute Gasteiger partial charge is 0.462 e. The second-order valence-corrected chi connectivity index (χ2v) is 20.6. The zero-order chi connectivity index (χ0) is 52.2. The van der Waals surface area contributed by atoms with E-state index in [1.165, 1.54) is 167 Å². The Balaban J connectivity index is 4.40. The van der Waals surface area contributed by atoms with Gasteiger partial charge >= 0.3 is 17.9 Å². The monoisotopic (exact) mass is 1000 g/mol. The van der Waals surface area contributed by atoms with Gasteiger partial charge in [0.15, 0.2) is 6.10 Å². The van der Waals surface area contributed by atoms with E-state index in [1.54, 1.807) is 0 Å². The first-order chi connectivity index (χ1) is 35.5. The zero-order valence-corrected chi connectivity index (χ0v) is 47.7. The Hall–Kier alpha value is -3.15. The third-order valence-electron chi connectivity index (χ3n) is 13.4. The Bertz CT molecular complexity index is 1340. The summed E-state index contributed by atoms with van der Waals surface area (Å²) in [4.78, 5) is 38.3. The van der Waals surface area contributed by atoms with Crippen LogP contribution >= 0.6 is 0 Å². The van der Waals surface area contributed by atoms with E-state index >= 15 is 0 Å². The highest BCUT2D eigenvalue weighted by molar-refractivity contribution is 5.71. The van der Waals surface area contributed by atoms with Crippen LogP contribution in [0.1, 0.15) is 310 Å². The molecule has 0 aromatic rings. The fraction of sp³-hybridized carbons (Fsp3) is 0.773. The van der Waals surface area contributed by atoms with Crippen molar-refractivity contribution in [3.63, 3.8) is 0 Å².